The van der Waals surface area contributed by atoms with Gasteiger partial charge in [-0.05, 0) is 49.2 Å². The minimum Gasteiger partial charge on any atom is -0.337 e. The van der Waals surface area contributed by atoms with E-state index in [0.29, 0.717) is 24.3 Å². The molecule has 1 aromatic heterocycles. The molecule has 2 heterocycles. The predicted molar refractivity (Wildman–Crippen MR) is 104 cm³/mol. The van der Waals surface area contributed by atoms with Crippen LogP contribution in [0.5, 0.6) is 0 Å². The monoisotopic (exact) mass is 381 g/mol. The van der Waals surface area contributed by atoms with Gasteiger partial charge in [0.15, 0.2) is 0 Å². The Balaban J connectivity index is 1.56. The van der Waals surface area contributed by atoms with E-state index < -0.39 is 0 Å². The first-order valence-corrected chi connectivity index (χ1v) is 9.83. The molecule has 1 atom stereocenters. The van der Waals surface area contributed by atoms with Crippen LogP contribution in [0.15, 0.2) is 48.8 Å². The molecule has 0 bridgehead atoms. The molecule has 1 saturated heterocycles. The standard InChI is InChI=1S/C22H24FN3O2/c23-17-4-6-18(7-5-17)25-20(27)19-14-26(15-22(19)10-2-1-3-11-22)21(28)16-8-12-24-13-9-16/h4-9,12-13,19H,1-3,10-11,14-15H2,(H,25,27)/t19-/m0/s1. The number of pyridine rings is 1. The number of benzene rings is 1. The third-order valence-electron chi connectivity index (χ3n) is 6.14. The number of nitrogens with one attached hydrogen (secondary N) is 1. The van der Waals surface area contributed by atoms with Crippen molar-refractivity contribution in [2.75, 3.05) is 18.4 Å². The lowest BCUT2D eigenvalue weighted by atomic mass is 9.67. The van der Waals surface area contributed by atoms with Crippen LogP contribution >= 0.6 is 0 Å². The number of aromatic nitrogens is 1. The Hall–Kier alpha value is -2.76. The average molecular weight is 381 g/mol. The highest BCUT2D eigenvalue weighted by atomic mass is 19.1. The zero-order valence-electron chi connectivity index (χ0n) is 15.7. The van der Waals surface area contributed by atoms with Crippen LogP contribution in [0.3, 0.4) is 0 Å². The van der Waals surface area contributed by atoms with E-state index in [1.54, 1.807) is 36.7 Å². The summed E-state index contributed by atoms with van der Waals surface area (Å²) in [6, 6.07) is 9.22. The number of likely N-dealkylation sites (tertiary alicyclic amines) is 1. The molecule has 146 valence electrons. The van der Waals surface area contributed by atoms with Gasteiger partial charge >= 0.3 is 0 Å². The summed E-state index contributed by atoms with van der Waals surface area (Å²) in [6.45, 7) is 1.02. The molecule has 0 unspecified atom stereocenters. The lowest BCUT2D eigenvalue weighted by Gasteiger charge is -2.37. The van der Waals surface area contributed by atoms with Crippen molar-refractivity contribution >= 4 is 17.5 Å². The van der Waals surface area contributed by atoms with E-state index in [1.165, 1.54) is 18.6 Å². The summed E-state index contributed by atoms with van der Waals surface area (Å²) in [5, 5.41) is 2.93. The number of hydrogen-bond donors (Lipinski definition) is 1. The lowest BCUT2D eigenvalue weighted by molar-refractivity contribution is -0.123. The maximum absolute atomic E-state index is 13.2. The summed E-state index contributed by atoms with van der Waals surface area (Å²) in [6.07, 6.45) is 8.46. The summed E-state index contributed by atoms with van der Waals surface area (Å²) < 4.78 is 13.2. The summed E-state index contributed by atoms with van der Waals surface area (Å²) in [5.41, 5.74) is 1.00. The number of anilines is 1. The van der Waals surface area contributed by atoms with E-state index in [0.717, 1.165) is 25.7 Å². The number of hydrogen-bond acceptors (Lipinski definition) is 3. The van der Waals surface area contributed by atoms with Crippen molar-refractivity contribution in [2.45, 2.75) is 32.1 Å². The molecule has 1 saturated carbocycles. The molecule has 1 spiro atoms. The fourth-order valence-corrected chi connectivity index (χ4v) is 4.69. The number of amides is 2. The highest BCUT2D eigenvalue weighted by Gasteiger charge is 2.51. The van der Waals surface area contributed by atoms with Gasteiger partial charge in [-0.2, -0.15) is 0 Å². The second kappa shape index (κ2) is 7.70. The number of nitrogens with zero attached hydrogens (tertiary/aromatic N) is 2. The Kier molecular flexibility index (Phi) is 5.11. The Morgan fingerprint density at radius 3 is 2.39 bits per heavy atom. The van der Waals surface area contributed by atoms with Crippen LogP contribution in [-0.2, 0) is 4.79 Å². The highest BCUT2D eigenvalue weighted by molar-refractivity contribution is 5.97. The third kappa shape index (κ3) is 3.63. The van der Waals surface area contributed by atoms with Crippen LogP contribution in [0, 0.1) is 17.2 Å². The molecule has 2 amide bonds. The first-order chi connectivity index (χ1) is 13.6. The minimum atomic E-state index is -0.336. The van der Waals surface area contributed by atoms with Gasteiger partial charge in [0.1, 0.15) is 5.82 Å². The maximum atomic E-state index is 13.2. The van der Waals surface area contributed by atoms with Crippen molar-refractivity contribution in [3.05, 3.63) is 60.2 Å². The average Bonchev–Trinajstić information content (AvgIpc) is 3.09. The summed E-state index contributed by atoms with van der Waals surface area (Å²) in [7, 11) is 0. The first-order valence-electron chi connectivity index (χ1n) is 9.83. The Labute approximate surface area is 164 Å². The molecule has 4 rings (SSSR count). The van der Waals surface area contributed by atoms with E-state index in [9.17, 15) is 14.0 Å². The number of carbonyl (C=O) groups excluding carboxylic acids is 2. The smallest absolute Gasteiger partial charge is 0.254 e. The fourth-order valence-electron chi connectivity index (χ4n) is 4.69. The van der Waals surface area contributed by atoms with Crippen LogP contribution < -0.4 is 5.32 Å². The van der Waals surface area contributed by atoms with E-state index in [1.807, 2.05) is 4.90 Å². The number of carbonyl (C=O) groups is 2. The Morgan fingerprint density at radius 1 is 1.04 bits per heavy atom. The van der Waals surface area contributed by atoms with Crippen LogP contribution in [-0.4, -0.2) is 34.8 Å². The second-order valence-electron chi connectivity index (χ2n) is 7.89. The first kappa shape index (κ1) is 18.6. The van der Waals surface area contributed by atoms with E-state index in [4.69, 9.17) is 0 Å². The van der Waals surface area contributed by atoms with Gasteiger partial charge in [-0.1, -0.05) is 19.3 Å². The van der Waals surface area contributed by atoms with Gasteiger partial charge in [0.25, 0.3) is 5.91 Å². The van der Waals surface area contributed by atoms with Gasteiger partial charge in [0.05, 0.1) is 5.92 Å². The molecule has 5 nitrogen and oxygen atoms in total. The normalized spacial score (nSPS) is 20.9. The van der Waals surface area contributed by atoms with Gasteiger partial charge in [-0.25, -0.2) is 4.39 Å². The maximum Gasteiger partial charge on any atom is 0.254 e. The second-order valence-corrected chi connectivity index (χ2v) is 7.89. The minimum absolute atomic E-state index is 0.0515. The van der Waals surface area contributed by atoms with Crippen molar-refractivity contribution in [1.29, 1.82) is 0 Å². The van der Waals surface area contributed by atoms with Crippen LogP contribution in [0.2, 0.25) is 0 Å². The molecule has 2 aromatic rings. The van der Waals surface area contributed by atoms with Gasteiger partial charge in [0.2, 0.25) is 5.91 Å². The summed E-state index contributed by atoms with van der Waals surface area (Å²) in [4.78, 5) is 31.9. The van der Waals surface area contributed by atoms with Gasteiger partial charge < -0.3 is 10.2 Å². The number of halogens is 1. The fraction of sp³-hybridized carbons (Fsp3) is 0.409. The van der Waals surface area contributed by atoms with Crippen LogP contribution in [0.25, 0.3) is 0 Å². The van der Waals surface area contributed by atoms with Crippen molar-refractivity contribution in [1.82, 2.24) is 9.88 Å². The van der Waals surface area contributed by atoms with Crippen molar-refractivity contribution in [3.63, 3.8) is 0 Å². The molecular formula is C22H24FN3O2. The molecule has 1 N–H and O–H groups in total. The quantitative estimate of drug-likeness (QED) is 0.878. The summed E-state index contributed by atoms with van der Waals surface area (Å²) >= 11 is 0. The van der Waals surface area contributed by atoms with Crippen molar-refractivity contribution < 1.29 is 14.0 Å². The predicted octanol–water partition coefficient (Wildman–Crippen LogP) is 3.88. The van der Waals surface area contributed by atoms with Crippen molar-refractivity contribution in [2.24, 2.45) is 11.3 Å². The molecule has 0 radical (unpaired) electrons. The molecule has 1 aliphatic heterocycles. The van der Waals surface area contributed by atoms with Crippen LogP contribution in [0.1, 0.15) is 42.5 Å². The number of rotatable bonds is 3. The largest absolute Gasteiger partial charge is 0.337 e. The Bertz CT molecular complexity index is 848. The van der Waals surface area contributed by atoms with Crippen LogP contribution in [0.4, 0.5) is 10.1 Å². The van der Waals surface area contributed by atoms with Gasteiger partial charge in [-0.15, -0.1) is 0 Å². The highest BCUT2D eigenvalue weighted by Crippen LogP contribution is 2.48. The molecule has 6 heteroatoms. The topological polar surface area (TPSA) is 62.3 Å². The van der Waals surface area contributed by atoms with Crippen molar-refractivity contribution in [3.8, 4) is 0 Å². The zero-order valence-corrected chi connectivity index (χ0v) is 15.7. The summed E-state index contributed by atoms with van der Waals surface area (Å²) in [5.74, 6) is -0.733. The lowest BCUT2D eigenvalue weighted by Crippen LogP contribution is -2.39. The molecule has 1 aromatic carbocycles. The molecule has 28 heavy (non-hydrogen) atoms. The molecular weight excluding hydrogens is 357 g/mol. The molecule has 2 fully saturated rings. The van der Waals surface area contributed by atoms with E-state index in [-0.39, 0.29) is 29.0 Å². The zero-order chi connectivity index (χ0) is 19.6. The van der Waals surface area contributed by atoms with E-state index in [2.05, 4.69) is 10.3 Å². The third-order valence-corrected chi connectivity index (χ3v) is 6.14. The van der Waals surface area contributed by atoms with E-state index >= 15 is 0 Å². The van der Waals surface area contributed by atoms with Gasteiger partial charge in [0, 0.05) is 42.1 Å². The van der Waals surface area contributed by atoms with Gasteiger partial charge in [-0.3, -0.25) is 14.6 Å². The SMILES string of the molecule is O=C(Nc1ccc(F)cc1)[C@@H]1CN(C(=O)c2ccncc2)CC12CCCCC2. The Morgan fingerprint density at radius 2 is 1.71 bits per heavy atom. The molecule has 1 aliphatic carbocycles. The molecule has 2 aliphatic rings.